The Bertz CT molecular complexity index is 837. The molecule has 0 radical (unpaired) electrons. The summed E-state index contributed by atoms with van der Waals surface area (Å²) in [7, 11) is -2.14. The maximum Gasteiger partial charge on any atom is 0.342 e. The molecule has 0 aliphatic carbocycles. The molecule has 124 valence electrons. The monoisotopic (exact) mass is 348 g/mol. The molecular formula is C14H11F3O5S. The van der Waals surface area contributed by atoms with Gasteiger partial charge in [-0.2, -0.15) is 8.42 Å². The van der Waals surface area contributed by atoms with E-state index in [2.05, 4.69) is 4.18 Å². The van der Waals surface area contributed by atoms with Gasteiger partial charge in [-0.1, -0.05) is 0 Å². The molecule has 0 aromatic heterocycles. The summed E-state index contributed by atoms with van der Waals surface area (Å²) in [6, 6.07) is 3.79. The highest BCUT2D eigenvalue weighted by atomic mass is 32.2. The minimum absolute atomic E-state index is 0.0169. The lowest BCUT2D eigenvalue weighted by Crippen LogP contribution is -2.12. The lowest BCUT2D eigenvalue weighted by atomic mass is 10.3. The Labute approximate surface area is 130 Å². The highest BCUT2D eigenvalue weighted by Gasteiger charge is 2.25. The topological polar surface area (TPSA) is 61.8 Å². The molecule has 2 aromatic rings. The van der Waals surface area contributed by atoms with E-state index in [9.17, 15) is 21.6 Å². The van der Waals surface area contributed by atoms with Crippen molar-refractivity contribution >= 4 is 10.1 Å². The maximum atomic E-state index is 14.0. The molecular weight excluding hydrogens is 337 g/mol. The van der Waals surface area contributed by atoms with Crippen LogP contribution in [0, 0.1) is 17.5 Å². The Morgan fingerprint density at radius 3 is 2.00 bits per heavy atom. The second-order valence-corrected chi connectivity index (χ2v) is 5.77. The van der Waals surface area contributed by atoms with Gasteiger partial charge in [0.2, 0.25) is 0 Å². The second kappa shape index (κ2) is 6.37. The molecule has 0 saturated heterocycles. The quantitative estimate of drug-likeness (QED) is 0.778. The average molecular weight is 348 g/mol. The molecule has 0 saturated carbocycles. The third kappa shape index (κ3) is 3.50. The molecule has 0 atom stereocenters. The largest absolute Gasteiger partial charge is 0.493 e. The molecule has 0 amide bonds. The van der Waals surface area contributed by atoms with E-state index in [0.29, 0.717) is 12.1 Å². The summed E-state index contributed by atoms with van der Waals surface area (Å²) in [6.45, 7) is 0. The molecule has 0 spiro atoms. The lowest BCUT2D eigenvalue weighted by molar-refractivity contribution is 0.349. The van der Waals surface area contributed by atoms with E-state index in [1.165, 1.54) is 14.2 Å². The van der Waals surface area contributed by atoms with Gasteiger partial charge in [0, 0.05) is 18.2 Å². The molecule has 0 N–H and O–H groups in total. The fourth-order valence-electron chi connectivity index (χ4n) is 1.73. The van der Waals surface area contributed by atoms with Gasteiger partial charge in [-0.15, -0.1) is 0 Å². The Balaban J connectivity index is 2.45. The van der Waals surface area contributed by atoms with Crippen LogP contribution in [0.15, 0.2) is 35.2 Å². The van der Waals surface area contributed by atoms with E-state index in [4.69, 9.17) is 9.47 Å². The maximum absolute atomic E-state index is 14.0. The Kier molecular flexibility index (Phi) is 4.69. The summed E-state index contributed by atoms with van der Waals surface area (Å²) < 4.78 is 78.5. The summed E-state index contributed by atoms with van der Waals surface area (Å²) in [5.41, 5.74) is 0. The molecule has 5 nitrogen and oxygen atoms in total. The minimum Gasteiger partial charge on any atom is -0.493 e. The molecule has 0 heterocycles. The highest BCUT2D eigenvalue weighted by Crippen LogP contribution is 2.33. The predicted octanol–water partition coefficient (Wildman–Crippen LogP) is 2.89. The molecule has 0 unspecified atom stereocenters. The van der Waals surface area contributed by atoms with Crippen LogP contribution in [0.3, 0.4) is 0 Å². The third-order valence-corrected chi connectivity index (χ3v) is 4.07. The van der Waals surface area contributed by atoms with E-state index in [1.54, 1.807) is 0 Å². The molecule has 0 aliphatic rings. The Hall–Kier alpha value is -2.42. The standard InChI is InChI=1S/C14H11F3O5S/c1-20-12-6-11(17)14(7-13(12)21-2)23(18,19)22-8-3-4-9(15)10(16)5-8/h3-7H,1-2H3. The van der Waals surface area contributed by atoms with Crippen LogP contribution in [0.2, 0.25) is 0 Å². The van der Waals surface area contributed by atoms with E-state index >= 15 is 0 Å². The molecule has 2 aromatic carbocycles. The number of ether oxygens (including phenoxy) is 2. The van der Waals surface area contributed by atoms with Gasteiger partial charge in [-0.25, -0.2) is 13.2 Å². The zero-order chi connectivity index (χ0) is 17.2. The van der Waals surface area contributed by atoms with Crippen molar-refractivity contribution in [2.75, 3.05) is 14.2 Å². The summed E-state index contributed by atoms with van der Waals surface area (Å²) >= 11 is 0. The number of rotatable bonds is 5. The molecule has 23 heavy (non-hydrogen) atoms. The van der Waals surface area contributed by atoms with Crippen LogP contribution in [0.4, 0.5) is 13.2 Å². The summed E-state index contributed by atoms with van der Waals surface area (Å²) in [6.07, 6.45) is 0. The number of hydrogen-bond acceptors (Lipinski definition) is 5. The summed E-state index contributed by atoms with van der Waals surface area (Å²) in [4.78, 5) is -0.833. The van der Waals surface area contributed by atoms with Gasteiger partial charge in [0.1, 0.15) is 16.5 Å². The first-order valence-corrected chi connectivity index (χ1v) is 7.50. The summed E-state index contributed by atoms with van der Waals surface area (Å²) in [5, 5.41) is 0. The highest BCUT2D eigenvalue weighted by molar-refractivity contribution is 7.87. The molecule has 0 bridgehead atoms. The van der Waals surface area contributed by atoms with Crippen molar-refractivity contribution in [3.05, 3.63) is 47.8 Å². The van der Waals surface area contributed by atoms with Crippen LogP contribution in [-0.2, 0) is 10.1 Å². The Morgan fingerprint density at radius 1 is 0.826 bits per heavy atom. The molecule has 0 fully saturated rings. The van der Waals surface area contributed by atoms with Gasteiger partial charge in [-0.05, 0) is 12.1 Å². The zero-order valence-corrected chi connectivity index (χ0v) is 12.8. The normalized spacial score (nSPS) is 11.2. The van der Waals surface area contributed by atoms with Crippen molar-refractivity contribution in [2.24, 2.45) is 0 Å². The van der Waals surface area contributed by atoms with E-state index in [0.717, 1.165) is 18.2 Å². The third-order valence-electron chi connectivity index (χ3n) is 2.80. The van der Waals surface area contributed by atoms with Crippen LogP contribution in [0.25, 0.3) is 0 Å². The van der Waals surface area contributed by atoms with Crippen molar-refractivity contribution in [3.63, 3.8) is 0 Å². The molecule has 2 rings (SSSR count). The van der Waals surface area contributed by atoms with Gasteiger partial charge in [0.15, 0.2) is 23.1 Å². The van der Waals surface area contributed by atoms with E-state index in [1.807, 2.05) is 0 Å². The van der Waals surface area contributed by atoms with Crippen LogP contribution < -0.4 is 13.7 Å². The van der Waals surface area contributed by atoms with Crippen molar-refractivity contribution < 1.29 is 35.2 Å². The van der Waals surface area contributed by atoms with Gasteiger partial charge in [-0.3, -0.25) is 0 Å². The van der Waals surface area contributed by atoms with Crippen LogP contribution in [-0.4, -0.2) is 22.6 Å². The van der Waals surface area contributed by atoms with Crippen LogP contribution in [0.1, 0.15) is 0 Å². The van der Waals surface area contributed by atoms with E-state index in [-0.39, 0.29) is 11.5 Å². The zero-order valence-electron chi connectivity index (χ0n) is 12.0. The first-order valence-electron chi connectivity index (χ1n) is 6.09. The smallest absolute Gasteiger partial charge is 0.342 e. The first kappa shape index (κ1) is 16.9. The van der Waals surface area contributed by atoms with Crippen molar-refractivity contribution in [2.45, 2.75) is 4.90 Å². The summed E-state index contributed by atoms with van der Waals surface area (Å²) in [5.74, 6) is -4.18. The first-order chi connectivity index (χ1) is 10.8. The van der Waals surface area contributed by atoms with Crippen LogP contribution in [0.5, 0.6) is 17.2 Å². The van der Waals surface area contributed by atoms with Gasteiger partial charge in [0.05, 0.1) is 14.2 Å². The fraction of sp³-hybridized carbons (Fsp3) is 0.143. The van der Waals surface area contributed by atoms with E-state index < -0.39 is 38.2 Å². The Morgan fingerprint density at radius 2 is 1.43 bits per heavy atom. The van der Waals surface area contributed by atoms with Gasteiger partial charge in [0.25, 0.3) is 0 Å². The fourth-order valence-corrected chi connectivity index (χ4v) is 2.72. The van der Waals surface area contributed by atoms with Gasteiger partial charge < -0.3 is 13.7 Å². The van der Waals surface area contributed by atoms with Crippen LogP contribution >= 0.6 is 0 Å². The SMILES string of the molecule is COc1cc(F)c(S(=O)(=O)Oc2ccc(F)c(F)c2)cc1OC. The van der Waals surface area contributed by atoms with Crippen molar-refractivity contribution in [3.8, 4) is 17.2 Å². The molecule has 9 heteroatoms. The number of halogens is 3. The number of hydrogen-bond donors (Lipinski definition) is 0. The number of benzene rings is 2. The average Bonchev–Trinajstić information content (AvgIpc) is 2.50. The number of methoxy groups -OCH3 is 2. The van der Waals surface area contributed by atoms with Crippen molar-refractivity contribution in [1.29, 1.82) is 0 Å². The lowest BCUT2D eigenvalue weighted by Gasteiger charge is -2.12. The molecule has 0 aliphatic heterocycles. The second-order valence-electron chi connectivity index (χ2n) is 4.25. The predicted molar refractivity (Wildman–Crippen MR) is 73.7 cm³/mol. The minimum atomic E-state index is -4.63. The van der Waals surface area contributed by atoms with Crippen molar-refractivity contribution in [1.82, 2.24) is 0 Å². The van der Waals surface area contributed by atoms with Gasteiger partial charge >= 0.3 is 10.1 Å².